The fourth-order valence-corrected chi connectivity index (χ4v) is 9.19. The van der Waals surface area contributed by atoms with Crippen LogP contribution in [0.1, 0.15) is 46.6 Å². The van der Waals surface area contributed by atoms with E-state index >= 15 is 0 Å². The maximum atomic E-state index is 6.37. The lowest BCUT2D eigenvalue weighted by Gasteiger charge is -2.26. The number of para-hydroxylation sites is 5. The largest absolute Gasteiger partial charge is 0.485 e. The van der Waals surface area contributed by atoms with Crippen molar-refractivity contribution >= 4 is 50.9 Å². The summed E-state index contributed by atoms with van der Waals surface area (Å²) in [5, 5.41) is 2.49. The number of allylic oxidation sites excluding steroid dienone is 4. The van der Waals surface area contributed by atoms with Crippen molar-refractivity contribution in [1.29, 1.82) is 0 Å². The lowest BCUT2D eigenvalue weighted by molar-refractivity contribution is 0.267. The van der Waals surface area contributed by atoms with Crippen LogP contribution in [0.4, 0.5) is 11.4 Å². The number of hydrogen-bond acceptors (Lipinski definition) is 2. The van der Waals surface area contributed by atoms with Crippen molar-refractivity contribution in [3.8, 4) is 22.6 Å². The van der Waals surface area contributed by atoms with E-state index in [0.717, 1.165) is 41.2 Å². The second-order valence-corrected chi connectivity index (χ2v) is 15.1. The monoisotopic (exact) mass is 732 g/mol. The molecule has 0 bridgehead atoms. The van der Waals surface area contributed by atoms with Crippen molar-refractivity contribution in [1.82, 2.24) is 4.57 Å². The molecule has 1 aliphatic heterocycles. The summed E-state index contributed by atoms with van der Waals surface area (Å²) < 4.78 is 8.77. The molecule has 0 amide bonds. The summed E-state index contributed by atoms with van der Waals surface area (Å²) in [5.41, 5.74) is 15.8. The van der Waals surface area contributed by atoms with Gasteiger partial charge in [-0.15, -0.1) is 0 Å². The number of ether oxygens (including phenoxy) is 1. The van der Waals surface area contributed by atoms with E-state index in [4.69, 9.17) is 4.74 Å². The molecule has 0 radical (unpaired) electrons. The Bertz CT molecular complexity index is 2940. The average Bonchev–Trinajstić information content (AvgIpc) is 3.84. The van der Waals surface area contributed by atoms with Crippen LogP contribution in [0.2, 0.25) is 0 Å². The van der Waals surface area contributed by atoms with Gasteiger partial charge in [-0.05, 0) is 101 Å². The van der Waals surface area contributed by atoms with Gasteiger partial charge in [-0.25, -0.2) is 0 Å². The highest BCUT2D eigenvalue weighted by atomic mass is 16.5. The van der Waals surface area contributed by atoms with Gasteiger partial charge >= 0.3 is 0 Å². The van der Waals surface area contributed by atoms with Crippen LogP contribution in [-0.4, -0.2) is 10.7 Å². The van der Waals surface area contributed by atoms with E-state index in [0.29, 0.717) is 0 Å². The Kier molecular flexibility index (Phi) is 8.10. The van der Waals surface area contributed by atoms with E-state index in [-0.39, 0.29) is 12.0 Å². The number of hydrogen-bond donors (Lipinski definition) is 0. The zero-order chi connectivity index (χ0) is 37.7. The highest BCUT2D eigenvalue weighted by molar-refractivity contribution is 6.11. The summed E-state index contributed by atoms with van der Waals surface area (Å²) >= 11 is 0. The quantitative estimate of drug-likeness (QED) is 0.162. The maximum Gasteiger partial charge on any atom is 0.128 e. The molecule has 3 aliphatic rings. The lowest BCUT2D eigenvalue weighted by atomic mass is 9.80. The molecule has 1 aromatic heterocycles. The molecule has 0 saturated heterocycles. The van der Waals surface area contributed by atoms with E-state index in [1.807, 2.05) is 0 Å². The molecule has 2 unspecified atom stereocenters. The van der Waals surface area contributed by atoms with Gasteiger partial charge in [0.25, 0.3) is 0 Å². The van der Waals surface area contributed by atoms with Gasteiger partial charge in [0.05, 0.1) is 22.6 Å². The molecule has 3 nitrogen and oxygen atoms in total. The molecule has 0 fully saturated rings. The maximum absolute atomic E-state index is 6.37. The Morgan fingerprint density at radius 3 is 2.35 bits per heavy atom. The van der Waals surface area contributed by atoms with Crippen molar-refractivity contribution < 1.29 is 4.74 Å². The molecule has 2 atom stereocenters. The standard InChI is InChI=1S/C54H40N2O/c1-3-14-38(15-4-1)44-19-7-10-23-49(44)55(35-34-40-16-13-22-46-45-20-8-11-24-50(45)56(54(40)46)43-17-5-2-6-18-43)42-31-28-37(29-32-42)41-27-26-39-30-33-52-53(48(39)36-41)47-21-9-12-25-51(47)57-52/h1-3,5-14,16-36,52-53H,4,15H2. The Labute approximate surface area is 333 Å². The first-order chi connectivity index (χ1) is 28.3. The highest BCUT2D eigenvalue weighted by Crippen LogP contribution is 2.47. The number of aromatic nitrogens is 1. The van der Waals surface area contributed by atoms with Crippen LogP contribution >= 0.6 is 0 Å². The van der Waals surface area contributed by atoms with E-state index in [9.17, 15) is 0 Å². The first-order valence-electron chi connectivity index (χ1n) is 20.0. The van der Waals surface area contributed by atoms with Gasteiger partial charge in [0.15, 0.2) is 0 Å². The molecule has 3 heteroatoms. The topological polar surface area (TPSA) is 17.4 Å². The van der Waals surface area contributed by atoms with Gasteiger partial charge in [-0.2, -0.15) is 0 Å². The van der Waals surface area contributed by atoms with Crippen LogP contribution in [0.15, 0.2) is 194 Å². The molecule has 0 spiro atoms. The molecule has 0 saturated carbocycles. The third kappa shape index (κ3) is 5.74. The summed E-state index contributed by atoms with van der Waals surface area (Å²) in [6.07, 6.45) is 17.8. The molecule has 2 aliphatic carbocycles. The lowest BCUT2D eigenvalue weighted by Crippen LogP contribution is -2.20. The van der Waals surface area contributed by atoms with Crippen molar-refractivity contribution in [2.45, 2.75) is 24.9 Å². The molecule has 272 valence electrons. The number of rotatable bonds is 7. The SMILES string of the molecule is C1=CCCC(c2ccccc2N(C=Cc2cccc3c4ccccc4n(-c4ccccc4)c23)c2ccc(-c3ccc4c(c3)C3c5ccccc5OC3C=C4)cc2)=C1. The van der Waals surface area contributed by atoms with Crippen molar-refractivity contribution in [3.63, 3.8) is 0 Å². The van der Waals surface area contributed by atoms with Crippen LogP contribution in [0.25, 0.3) is 56.3 Å². The summed E-state index contributed by atoms with van der Waals surface area (Å²) in [5.74, 6) is 1.19. The number of fused-ring (bicyclic) bond motifs is 8. The zero-order valence-corrected chi connectivity index (χ0v) is 31.5. The molecule has 8 aromatic rings. The van der Waals surface area contributed by atoms with Gasteiger partial charge < -0.3 is 14.2 Å². The number of anilines is 2. The summed E-state index contributed by atoms with van der Waals surface area (Å²) in [6, 6.07) is 59.4. The molecule has 2 heterocycles. The van der Waals surface area contributed by atoms with Crippen LogP contribution in [0.3, 0.4) is 0 Å². The fraction of sp³-hybridized carbons (Fsp3) is 0.0741. The molecule has 7 aromatic carbocycles. The highest BCUT2D eigenvalue weighted by Gasteiger charge is 2.37. The smallest absolute Gasteiger partial charge is 0.128 e. The summed E-state index contributed by atoms with van der Waals surface area (Å²) in [7, 11) is 0. The molecule has 11 rings (SSSR count). The average molecular weight is 733 g/mol. The van der Waals surface area contributed by atoms with Gasteiger partial charge in [-0.1, -0.05) is 140 Å². The fourth-order valence-electron chi connectivity index (χ4n) is 9.19. The number of benzene rings is 7. The van der Waals surface area contributed by atoms with E-state index in [2.05, 4.69) is 216 Å². The van der Waals surface area contributed by atoms with Crippen LogP contribution in [0.5, 0.6) is 5.75 Å². The Morgan fingerprint density at radius 1 is 0.667 bits per heavy atom. The van der Waals surface area contributed by atoms with Gasteiger partial charge in [0.1, 0.15) is 11.9 Å². The van der Waals surface area contributed by atoms with Gasteiger partial charge in [0.2, 0.25) is 0 Å². The summed E-state index contributed by atoms with van der Waals surface area (Å²) in [4.78, 5) is 2.36. The molecular formula is C54H40N2O. The minimum absolute atomic E-state index is 0.0301. The summed E-state index contributed by atoms with van der Waals surface area (Å²) in [6.45, 7) is 0. The Balaban J connectivity index is 1.02. The predicted molar refractivity (Wildman–Crippen MR) is 238 cm³/mol. The molecule has 0 N–H and O–H groups in total. The van der Waals surface area contributed by atoms with Crippen molar-refractivity contribution in [3.05, 3.63) is 222 Å². The van der Waals surface area contributed by atoms with E-state index in [1.54, 1.807) is 0 Å². The van der Waals surface area contributed by atoms with E-state index < -0.39 is 0 Å². The second-order valence-electron chi connectivity index (χ2n) is 15.1. The Morgan fingerprint density at radius 2 is 1.46 bits per heavy atom. The second kappa shape index (κ2) is 13.9. The normalized spacial score (nSPS) is 16.7. The van der Waals surface area contributed by atoms with Crippen molar-refractivity contribution in [2.75, 3.05) is 4.90 Å². The first kappa shape index (κ1) is 33.3. The Hall–Kier alpha value is -7.10. The third-order valence-corrected chi connectivity index (χ3v) is 11.9. The zero-order valence-electron chi connectivity index (χ0n) is 31.5. The van der Waals surface area contributed by atoms with Crippen LogP contribution in [0, 0.1) is 0 Å². The minimum Gasteiger partial charge on any atom is -0.485 e. The van der Waals surface area contributed by atoms with Gasteiger partial charge in [0, 0.05) is 45.0 Å². The van der Waals surface area contributed by atoms with E-state index in [1.165, 1.54) is 60.8 Å². The van der Waals surface area contributed by atoms with Crippen LogP contribution < -0.4 is 9.64 Å². The number of nitrogens with zero attached hydrogens (tertiary/aromatic N) is 2. The molecule has 57 heavy (non-hydrogen) atoms. The minimum atomic E-state index is 0.0301. The van der Waals surface area contributed by atoms with Gasteiger partial charge in [-0.3, -0.25) is 0 Å². The van der Waals surface area contributed by atoms with Crippen LogP contribution in [-0.2, 0) is 0 Å². The van der Waals surface area contributed by atoms with Crippen molar-refractivity contribution in [2.24, 2.45) is 0 Å². The first-order valence-corrected chi connectivity index (χ1v) is 20.0. The third-order valence-electron chi connectivity index (χ3n) is 11.9. The molecular weight excluding hydrogens is 693 g/mol. The predicted octanol–water partition coefficient (Wildman–Crippen LogP) is 13.9.